The van der Waals surface area contributed by atoms with Gasteiger partial charge in [-0.3, -0.25) is 4.79 Å². The molecule has 0 bridgehead atoms. The minimum Gasteiger partial charge on any atom is -0.496 e. The largest absolute Gasteiger partial charge is 0.496 e. The highest BCUT2D eigenvalue weighted by atomic mass is 16.5. The lowest BCUT2D eigenvalue weighted by Gasteiger charge is -2.32. The molecule has 0 spiro atoms. The Hall–Kier alpha value is -2.89. The molecule has 1 aliphatic heterocycles. The van der Waals surface area contributed by atoms with E-state index in [0.717, 1.165) is 25.0 Å². The molecule has 0 aliphatic carbocycles. The Morgan fingerprint density at radius 1 is 1.19 bits per heavy atom. The number of ether oxygens (including phenoxy) is 1. The second-order valence-corrected chi connectivity index (χ2v) is 6.49. The summed E-state index contributed by atoms with van der Waals surface area (Å²) < 4.78 is 5.42. The number of nitrogens with zero attached hydrogens (tertiary/aromatic N) is 2. The van der Waals surface area contributed by atoms with E-state index in [4.69, 9.17) is 9.84 Å². The van der Waals surface area contributed by atoms with E-state index in [1.54, 1.807) is 7.11 Å². The molecule has 6 nitrogen and oxygen atoms in total. The molecule has 0 radical (unpaired) electrons. The van der Waals surface area contributed by atoms with Crippen molar-refractivity contribution in [2.45, 2.75) is 19.3 Å². The zero-order chi connectivity index (χ0) is 18.5. The zero-order valence-corrected chi connectivity index (χ0v) is 14.7. The first-order valence-electron chi connectivity index (χ1n) is 8.69. The van der Waals surface area contributed by atoms with Crippen LogP contribution in [-0.2, 0) is 6.42 Å². The summed E-state index contributed by atoms with van der Waals surface area (Å²) in [6.45, 7) is 1.39. The zero-order valence-electron chi connectivity index (χ0n) is 14.7. The van der Waals surface area contributed by atoms with Gasteiger partial charge in [0.15, 0.2) is 0 Å². The topological polar surface area (TPSA) is 79.7 Å². The maximum Gasteiger partial charge on any atom is 0.354 e. The molecule has 2 aromatic rings. The second kappa shape index (κ2) is 7.99. The molecule has 0 saturated carbocycles. The maximum absolute atomic E-state index is 12.6. The third kappa shape index (κ3) is 4.02. The number of likely N-dealkylation sites (tertiary alicyclic amines) is 1. The Balaban J connectivity index is 1.57. The lowest BCUT2D eigenvalue weighted by Crippen LogP contribution is -2.39. The molecule has 3 rings (SSSR count). The minimum absolute atomic E-state index is 0.0583. The number of piperidine rings is 1. The quantitative estimate of drug-likeness (QED) is 0.893. The molecule has 136 valence electrons. The number of methoxy groups -OCH3 is 1. The monoisotopic (exact) mass is 354 g/mol. The van der Waals surface area contributed by atoms with Gasteiger partial charge in [-0.15, -0.1) is 0 Å². The average molecular weight is 354 g/mol. The number of para-hydroxylation sites is 1. The Morgan fingerprint density at radius 3 is 2.54 bits per heavy atom. The SMILES string of the molecule is COc1ccccc1CC1CCN(C(=O)c2ccc(C(=O)O)nc2)CC1. The van der Waals surface area contributed by atoms with E-state index in [-0.39, 0.29) is 11.6 Å². The van der Waals surface area contributed by atoms with Gasteiger partial charge in [0.25, 0.3) is 5.91 Å². The molecule has 1 N–H and O–H groups in total. The molecule has 1 fully saturated rings. The van der Waals surface area contributed by atoms with E-state index in [9.17, 15) is 9.59 Å². The molecule has 1 aromatic carbocycles. The van der Waals surface area contributed by atoms with E-state index < -0.39 is 5.97 Å². The summed E-state index contributed by atoms with van der Waals surface area (Å²) in [5.41, 5.74) is 1.57. The van der Waals surface area contributed by atoms with Gasteiger partial charge in [-0.25, -0.2) is 9.78 Å². The number of carbonyl (C=O) groups excluding carboxylic acids is 1. The number of carboxylic acids is 1. The van der Waals surface area contributed by atoms with Crippen molar-refractivity contribution >= 4 is 11.9 Å². The summed E-state index contributed by atoms with van der Waals surface area (Å²) in [4.78, 5) is 29.1. The van der Waals surface area contributed by atoms with Crippen LogP contribution in [0.15, 0.2) is 42.6 Å². The van der Waals surface area contributed by atoms with Crippen LogP contribution in [0.3, 0.4) is 0 Å². The lowest BCUT2D eigenvalue weighted by molar-refractivity contribution is 0.0675. The van der Waals surface area contributed by atoms with Gasteiger partial charge in [-0.1, -0.05) is 18.2 Å². The van der Waals surface area contributed by atoms with Gasteiger partial charge in [-0.2, -0.15) is 0 Å². The van der Waals surface area contributed by atoms with Gasteiger partial charge in [0, 0.05) is 19.3 Å². The fourth-order valence-electron chi connectivity index (χ4n) is 3.35. The van der Waals surface area contributed by atoms with Crippen molar-refractivity contribution in [3.8, 4) is 5.75 Å². The third-order valence-corrected chi connectivity index (χ3v) is 4.83. The Kier molecular flexibility index (Phi) is 5.51. The van der Waals surface area contributed by atoms with Crippen molar-refractivity contribution in [1.29, 1.82) is 0 Å². The normalized spacial score (nSPS) is 14.9. The van der Waals surface area contributed by atoms with Crippen LogP contribution in [0, 0.1) is 5.92 Å². The van der Waals surface area contributed by atoms with Gasteiger partial charge in [0.1, 0.15) is 11.4 Å². The first kappa shape index (κ1) is 17.9. The summed E-state index contributed by atoms with van der Waals surface area (Å²) in [5, 5.41) is 8.88. The molecule has 2 heterocycles. The number of hydrogen-bond acceptors (Lipinski definition) is 4. The highest BCUT2D eigenvalue weighted by Crippen LogP contribution is 2.27. The Bertz CT molecular complexity index is 781. The molecule has 1 aromatic heterocycles. The maximum atomic E-state index is 12.6. The first-order chi connectivity index (χ1) is 12.6. The number of carbonyl (C=O) groups is 2. The molecule has 6 heteroatoms. The van der Waals surface area contributed by atoms with Gasteiger partial charge < -0.3 is 14.7 Å². The average Bonchev–Trinajstić information content (AvgIpc) is 2.68. The Labute approximate surface area is 152 Å². The number of hydrogen-bond donors (Lipinski definition) is 1. The minimum atomic E-state index is -1.10. The van der Waals surface area contributed by atoms with Crippen molar-refractivity contribution in [1.82, 2.24) is 9.88 Å². The standard InChI is InChI=1S/C20H22N2O4/c1-26-18-5-3-2-4-15(18)12-14-8-10-22(11-9-14)19(23)16-6-7-17(20(24)25)21-13-16/h2-7,13-14H,8-12H2,1H3,(H,24,25). The van der Waals surface area contributed by atoms with Gasteiger partial charge in [0.2, 0.25) is 0 Å². The number of benzene rings is 1. The molecule has 0 atom stereocenters. The number of pyridine rings is 1. The van der Waals surface area contributed by atoms with Crippen LogP contribution in [0.1, 0.15) is 39.3 Å². The predicted molar refractivity (Wildman–Crippen MR) is 96.5 cm³/mol. The van der Waals surface area contributed by atoms with Crippen molar-refractivity contribution in [3.63, 3.8) is 0 Å². The summed E-state index contributed by atoms with van der Waals surface area (Å²) in [6, 6.07) is 10.9. The molecule has 0 unspecified atom stereocenters. The van der Waals surface area contributed by atoms with E-state index >= 15 is 0 Å². The molecule has 26 heavy (non-hydrogen) atoms. The van der Waals surface area contributed by atoms with Crippen LogP contribution in [0.2, 0.25) is 0 Å². The van der Waals surface area contributed by atoms with Crippen molar-refractivity contribution < 1.29 is 19.4 Å². The summed E-state index contributed by atoms with van der Waals surface area (Å²) in [6.07, 6.45) is 4.16. The van der Waals surface area contributed by atoms with Crippen molar-refractivity contribution in [2.75, 3.05) is 20.2 Å². The molecular formula is C20H22N2O4. The van der Waals surface area contributed by atoms with Crippen LogP contribution in [-0.4, -0.2) is 47.1 Å². The van der Waals surface area contributed by atoms with Crippen LogP contribution in [0.25, 0.3) is 0 Å². The number of aromatic carboxylic acids is 1. The van der Waals surface area contributed by atoms with Crippen molar-refractivity contribution in [3.05, 3.63) is 59.4 Å². The molecule has 1 amide bonds. The van der Waals surface area contributed by atoms with Gasteiger partial charge >= 0.3 is 5.97 Å². The molecule has 1 aliphatic rings. The Morgan fingerprint density at radius 2 is 1.92 bits per heavy atom. The first-order valence-corrected chi connectivity index (χ1v) is 8.69. The van der Waals surface area contributed by atoms with Crippen LogP contribution in [0.4, 0.5) is 0 Å². The van der Waals surface area contributed by atoms with E-state index in [0.29, 0.717) is 24.6 Å². The summed E-state index contributed by atoms with van der Waals surface area (Å²) in [7, 11) is 1.68. The highest BCUT2D eigenvalue weighted by molar-refractivity contribution is 5.95. The smallest absolute Gasteiger partial charge is 0.354 e. The summed E-state index contributed by atoms with van der Waals surface area (Å²) in [5.74, 6) is 0.241. The van der Waals surface area contributed by atoms with E-state index in [1.807, 2.05) is 23.1 Å². The highest BCUT2D eigenvalue weighted by Gasteiger charge is 2.24. The molecule has 1 saturated heterocycles. The van der Waals surface area contributed by atoms with Gasteiger partial charge in [-0.05, 0) is 48.9 Å². The van der Waals surface area contributed by atoms with Crippen LogP contribution in [0.5, 0.6) is 5.75 Å². The summed E-state index contributed by atoms with van der Waals surface area (Å²) >= 11 is 0. The lowest BCUT2D eigenvalue weighted by atomic mass is 9.89. The van der Waals surface area contributed by atoms with Crippen LogP contribution >= 0.6 is 0 Å². The van der Waals surface area contributed by atoms with E-state index in [2.05, 4.69) is 11.1 Å². The third-order valence-electron chi connectivity index (χ3n) is 4.83. The van der Waals surface area contributed by atoms with Crippen molar-refractivity contribution in [2.24, 2.45) is 5.92 Å². The number of amides is 1. The van der Waals surface area contributed by atoms with Gasteiger partial charge in [0.05, 0.1) is 12.7 Å². The van der Waals surface area contributed by atoms with Crippen LogP contribution < -0.4 is 4.74 Å². The van der Waals surface area contributed by atoms with E-state index in [1.165, 1.54) is 23.9 Å². The fourth-order valence-corrected chi connectivity index (χ4v) is 3.35. The fraction of sp³-hybridized carbons (Fsp3) is 0.350. The number of carboxylic acid groups (broad SMARTS) is 1. The predicted octanol–water partition coefficient (Wildman–Crippen LogP) is 2.88. The second-order valence-electron chi connectivity index (χ2n) is 6.49. The number of aromatic nitrogens is 1. The number of rotatable bonds is 5. The molecular weight excluding hydrogens is 332 g/mol.